The van der Waals surface area contributed by atoms with E-state index in [1.807, 2.05) is 0 Å². The summed E-state index contributed by atoms with van der Waals surface area (Å²) < 4.78 is 14.5. The Hall–Kier alpha value is -2.07. The number of allylic oxidation sites excluding steroid dienone is 1. The highest BCUT2D eigenvalue weighted by molar-refractivity contribution is 6.05. The number of methoxy groups -OCH3 is 1. The molecule has 1 heterocycles. The van der Waals surface area contributed by atoms with Crippen LogP contribution in [0.4, 0.5) is 0 Å². The number of carbonyl (C=O) groups excluding carboxylic acids is 3. The zero-order valence-corrected chi connectivity index (χ0v) is 9.73. The Morgan fingerprint density at radius 1 is 1.53 bits per heavy atom. The first kappa shape index (κ1) is 13.0. The quantitative estimate of drug-likeness (QED) is 0.402. The molecule has 6 nitrogen and oxygen atoms in total. The average molecular weight is 240 g/mol. The maximum absolute atomic E-state index is 11.6. The van der Waals surface area contributed by atoms with Crippen molar-refractivity contribution in [1.29, 1.82) is 0 Å². The largest absolute Gasteiger partial charge is 0.493 e. The molecule has 0 radical (unpaired) electrons. The highest BCUT2D eigenvalue weighted by Gasteiger charge is 2.41. The summed E-state index contributed by atoms with van der Waals surface area (Å²) in [6.45, 7) is 3.44. The second-order valence-electron chi connectivity index (χ2n) is 3.21. The molecule has 0 N–H and O–H groups in total. The molecule has 0 saturated carbocycles. The Morgan fingerprint density at radius 3 is 2.65 bits per heavy atom. The van der Waals surface area contributed by atoms with Crippen molar-refractivity contribution in [1.82, 2.24) is 0 Å². The zero-order valence-electron chi connectivity index (χ0n) is 9.73. The van der Waals surface area contributed by atoms with Crippen LogP contribution in [0.3, 0.4) is 0 Å². The Bertz CT molecular complexity index is 427. The highest BCUT2D eigenvalue weighted by Crippen LogP contribution is 2.30. The van der Waals surface area contributed by atoms with E-state index in [0.717, 1.165) is 7.11 Å². The summed E-state index contributed by atoms with van der Waals surface area (Å²) in [6, 6.07) is 0. The molecule has 1 rings (SSSR count). The van der Waals surface area contributed by atoms with E-state index < -0.39 is 23.4 Å². The number of hydrogen-bond donors (Lipinski definition) is 0. The molecule has 0 fully saturated rings. The molecule has 0 aromatic heterocycles. The molecule has 92 valence electrons. The van der Waals surface area contributed by atoms with Crippen molar-refractivity contribution in [2.24, 2.45) is 5.92 Å². The number of hydrogen-bond acceptors (Lipinski definition) is 6. The van der Waals surface area contributed by atoms with E-state index in [4.69, 9.17) is 9.47 Å². The molecule has 0 aliphatic carbocycles. The minimum atomic E-state index is -1.20. The van der Waals surface area contributed by atoms with Gasteiger partial charge in [-0.25, -0.2) is 9.59 Å². The van der Waals surface area contributed by atoms with Gasteiger partial charge in [-0.05, 0) is 13.8 Å². The van der Waals surface area contributed by atoms with Crippen molar-refractivity contribution in [3.8, 4) is 0 Å². The van der Waals surface area contributed by atoms with Gasteiger partial charge in [-0.3, -0.25) is 4.79 Å². The van der Waals surface area contributed by atoms with Crippen LogP contribution >= 0.6 is 0 Å². The second-order valence-corrected chi connectivity index (χ2v) is 3.21. The number of cyclic esters (lactones) is 1. The summed E-state index contributed by atoms with van der Waals surface area (Å²) in [6.07, 6.45) is 0. The molecule has 0 aromatic carbocycles. The summed E-state index contributed by atoms with van der Waals surface area (Å²) in [5.74, 6) is -1.20. The number of rotatable bonds is 3. The Morgan fingerprint density at radius 2 is 2.18 bits per heavy atom. The van der Waals surface area contributed by atoms with E-state index in [9.17, 15) is 14.4 Å². The van der Waals surface area contributed by atoms with Gasteiger partial charge in [0.25, 0.3) is 0 Å². The maximum atomic E-state index is 11.6. The van der Waals surface area contributed by atoms with Crippen LogP contribution in [0.15, 0.2) is 17.1 Å². The van der Waals surface area contributed by atoms with E-state index in [1.165, 1.54) is 12.9 Å². The van der Waals surface area contributed by atoms with Crippen molar-refractivity contribution in [2.45, 2.75) is 13.8 Å². The third-order valence-corrected chi connectivity index (χ3v) is 2.21. The molecular weight excluding hydrogens is 228 g/mol. The molecule has 1 aliphatic heterocycles. The van der Waals surface area contributed by atoms with E-state index in [2.05, 4.69) is 4.74 Å². The average Bonchev–Trinajstić information content (AvgIpc) is 2.31. The van der Waals surface area contributed by atoms with Crippen molar-refractivity contribution < 1.29 is 28.6 Å². The van der Waals surface area contributed by atoms with Crippen LogP contribution < -0.4 is 0 Å². The molecule has 1 atom stereocenters. The first-order chi connectivity index (χ1) is 8.06. The molecule has 0 saturated heterocycles. The fraction of sp³-hybridized carbons (Fsp3) is 0.455. The van der Waals surface area contributed by atoms with E-state index >= 15 is 0 Å². The predicted octanol–water partition coefficient (Wildman–Crippen LogP) is 0.358. The third kappa shape index (κ3) is 2.37. The van der Waals surface area contributed by atoms with Gasteiger partial charge >= 0.3 is 11.9 Å². The fourth-order valence-electron chi connectivity index (χ4n) is 1.48. The van der Waals surface area contributed by atoms with Gasteiger partial charge in [-0.2, -0.15) is 0 Å². The van der Waals surface area contributed by atoms with Gasteiger partial charge in [-0.15, -0.1) is 0 Å². The molecule has 6 heteroatoms. The summed E-state index contributed by atoms with van der Waals surface area (Å²) in [7, 11) is 1.16. The lowest BCUT2D eigenvalue weighted by atomic mass is 9.95. The van der Waals surface area contributed by atoms with Crippen LogP contribution in [0, 0.1) is 5.92 Å². The molecule has 0 bridgehead atoms. The molecule has 0 aromatic rings. The van der Waals surface area contributed by atoms with E-state index in [1.54, 1.807) is 6.92 Å². The standard InChI is InChI=1S/C11H12O6/c1-4-16-9-6(2)17-10(13)7(5-12)8(9)11(14)15-3/h8H,4H2,1-3H3. The van der Waals surface area contributed by atoms with E-state index in [-0.39, 0.29) is 18.1 Å². The fourth-order valence-corrected chi connectivity index (χ4v) is 1.48. The Balaban J connectivity index is 3.29. The van der Waals surface area contributed by atoms with Crippen LogP contribution in [-0.4, -0.2) is 31.6 Å². The van der Waals surface area contributed by atoms with Gasteiger partial charge in [0.2, 0.25) is 0 Å². The Labute approximate surface area is 97.8 Å². The van der Waals surface area contributed by atoms with Crippen LogP contribution in [-0.2, 0) is 28.6 Å². The molecule has 0 spiro atoms. The molecule has 0 amide bonds. The predicted molar refractivity (Wildman–Crippen MR) is 55.1 cm³/mol. The third-order valence-electron chi connectivity index (χ3n) is 2.21. The molecular formula is C11H12O6. The van der Waals surface area contributed by atoms with Crippen LogP contribution in [0.1, 0.15) is 13.8 Å². The smallest absolute Gasteiger partial charge is 0.351 e. The monoisotopic (exact) mass is 240 g/mol. The summed E-state index contributed by atoms with van der Waals surface area (Å²) in [4.78, 5) is 33.7. The molecule has 17 heavy (non-hydrogen) atoms. The minimum absolute atomic E-state index is 0.109. The first-order valence-electron chi connectivity index (χ1n) is 4.95. The second kappa shape index (κ2) is 5.32. The van der Waals surface area contributed by atoms with Crippen molar-refractivity contribution in [2.75, 3.05) is 13.7 Å². The number of esters is 2. The van der Waals surface area contributed by atoms with Gasteiger partial charge in [0.15, 0.2) is 11.7 Å². The zero-order chi connectivity index (χ0) is 13.0. The van der Waals surface area contributed by atoms with Crippen LogP contribution in [0.25, 0.3) is 0 Å². The summed E-state index contributed by atoms with van der Waals surface area (Å²) in [5, 5.41) is 0. The van der Waals surface area contributed by atoms with Gasteiger partial charge in [-0.1, -0.05) is 0 Å². The normalized spacial score (nSPS) is 19.6. The molecule has 1 unspecified atom stereocenters. The van der Waals surface area contributed by atoms with Gasteiger partial charge < -0.3 is 14.2 Å². The SMILES string of the molecule is CCOC1=C(C)OC(=O)C(=C=O)C1C(=O)OC. The van der Waals surface area contributed by atoms with Gasteiger partial charge in [0.05, 0.1) is 13.7 Å². The lowest BCUT2D eigenvalue weighted by molar-refractivity contribution is -0.149. The topological polar surface area (TPSA) is 78.9 Å². The van der Waals surface area contributed by atoms with Crippen molar-refractivity contribution in [3.63, 3.8) is 0 Å². The van der Waals surface area contributed by atoms with Crippen molar-refractivity contribution in [3.05, 3.63) is 17.1 Å². The minimum Gasteiger partial charge on any atom is -0.493 e. The van der Waals surface area contributed by atoms with Gasteiger partial charge in [0.1, 0.15) is 17.3 Å². The first-order valence-corrected chi connectivity index (χ1v) is 4.95. The Kier molecular flexibility index (Phi) is 4.06. The molecule has 1 aliphatic rings. The maximum Gasteiger partial charge on any atom is 0.351 e. The van der Waals surface area contributed by atoms with Crippen LogP contribution in [0.5, 0.6) is 0 Å². The highest BCUT2D eigenvalue weighted by atomic mass is 16.6. The summed E-state index contributed by atoms with van der Waals surface area (Å²) >= 11 is 0. The summed E-state index contributed by atoms with van der Waals surface area (Å²) in [5.41, 5.74) is -0.439. The lowest BCUT2D eigenvalue weighted by Gasteiger charge is -2.24. The van der Waals surface area contributed by atoms with Crippen LogP contribution in [0.2, 0.25) is 0 Å². The number of ether oxygens (including phenoxy) is 3. The van der Waals surface area contributed by atoms with Gasteiger partial charge in [0, 0.05) is 0 Å². The van der Waals surface area contributed by atoms with Crippen molar-refractivity contribution >= 4 is 17.9 Å². The van der Waals surface area contributed by atoms with E-state index in [0.29, 0.717) is 0 Å². The number of carbonyl (C=O) groups is 2. The lowest BCUT2D eigenvalue weighted by Crippen LogP contribution is -2.32.